The van der Waals surface area contributed by atoms with Crippen LogP contribution in [0, 0.1) is 6.92 Å². The number of carbonyl (C=O) groups excluding carboxylic acids is 2. The summed E-state index contributed by atoms with van der Waals surface area (Å²) in [5.41, 5.74) is 1.74. The molecule has 192 valence electrons. The van der Waals surface area contributed by atoms with Crippen molar-refractivity contribution in [3.63, 3.8) is 0 Å². The molecule has 0 bridgehead atoms. The first-order chi connectivity index (χ1) is 17.4. The molecule has 2 aromatic rings. The lowest BCUT2D eigenvalue weighted by Gasteiger charge is -2.31. The third-order valence-electron chi connectivity index (χ3n) is 6.72. The largest absolute Gasteiger partial charge is 0.507 e. The second kappa shape index (κ2) is 11.0. The van der Waals surface area contributed by atoms with Crippen LogP contribution >= 0.6 is 0 Å². The van der Waals surface area contributed by atoms with E-state index in [0.717, 1.165) is 13.1 Å². The molecule has 1 N–H and O–H groups in total. The Morgan fingerprint density at radius 3 is 2.28 bits per heavy atom. The van der Waals surface area contributed by atoms with Crippen molar-refractivity contribution >= 4 is 17.4 Å². The average molecular weight is 497 g/mol. The maximum atomic E-state index is 13.4. The summed E-state index contributed by atoms with van der Waals surface area (Å²) in [6, 6.07) is 9.53. The second-order valence-electron chi connectivity index (χ2n) is 8.74. The van der Waals surface area contributed by atoms with Crippen LogP contribution in [0.3, 0.4) is 0 Å². The van der Waals surface area contributed by atoms with E-state index in [2.05, 4.69) is 4.90 Å². The van der Waals surface area contributed by atoms with Gasteiger partial charge in [0.25, 0.3) is 11.7 Å². The van der Waals surface area contributed by atoms with Gasteiger partial charge in [-0.2, -0.15) is 0 Å². The van der Waals surface area contributed by atoms with Crippen LogP contribution in [0.1, 0.15) is 22.7 Å². The molecule has 1 atom stereocenters. The lowest BCUT2D eigenvalue weighted by molar-refractivity contribution is -0.140. The number of Topliss-reactive ketones (excluding diaryl/α,β-unsaturated/α-hetero) is 1. The fraction of sp³-hybridized carbons (Fsp3) is 0.407. The average Bonchev–Trinajstić information content (AvgIpc) is 3.16. The van der Waals surface area contributed by atoms with Gasteiger partial charge in [0.1, 0.15) is 23.0 Å². The zero-order valence-electron chi connectivity index (χ0n) is 21.1. The smallest absolute Gasteiger partial charge is 0.295 e. The zero-order valence-corrected chi connectivity index (χ0v) is 21.1. The van der Waals surface area contributed by atoms with E-state index in [9.17, 15) is 14.7 Å². The van der Waals surface area contributed by atoms with Gasteiger partial charge in [-0.25, -0.2) is 0 Å². The number of hydrogen-bond donors (Lipinski definition) is 1. The molecule has 2 aliphatic heterocycles. The van der Waals surface area contributed by atoms with Gasteiger partial charge in [0.2, 0.25) is 0 Å². The number of amides is 1. The number of methoxy groups -OCH3 is 3. The van der Waals surface area contributed by atoms with E-state index in [-0.39, 0.29) is 11.3 Å². The molecule has 2 aliphatic rings. The number of nitrogens with zero attached hydrogens (tertiary/aromatic N) is 2. The predicted octanol–water partition coefficient (Wildman–Crippen LogP) is 2.77. The number of carbonyl (C=O) groups is 2. The summed E-state index contributed by atoms with van der Waals surface area (Å²) in [4.78, 5) is 30.5. The first-order valence-corrected chi connectivity index (χ1v) is 11.8. The summed E-state index contributed by atoms with van der Waals surface area (Å²) >= 11 is 0. The minimum atomic E-state index is -0.849. The second-order valence-corrected chi connectivity index (χ2v) is 8.74. The molecule has 36 heavy (non-hydrogen) atoms. The maximum absolute atomic E-state index is 13.4. The van der Waals surface area contributed by atoms with E-state index in [1.165, 1.54) is 12.0 Å². The number of aryl methyl sites for hydroxylation is 1. The molecular weight excluding hydrogens is 464 g/mol. The molecule has 2 fully saturated rings. The van der Waals surface area contributed by atoms with Gasteiger partial charge in [0, 0.05) is 37.3 Å². The van der Waals surface area contributed by atoms with Crippen molar-refractivity contribution in [1.29, 1.82) is 0 Å². The summed E-state index contributed by atoms with van der Waals surface area (Å²) in [7, 11) is 4.63. The minimum absolute atomic E-state index is 0.0156. The summed E-state index contributed by atoms with van der Waals surface area (Å²) in [6.07, 6.45) is 0. The predicted molar refractivity (Wildman–Crippen MR) is 134 cm³/mol. The quantitative estimate of drug-likeness (QED) is 0.339. The molecule has 0 spiro atoms. The molecule has 2 aromatic carbocycles. The number of ether oxygens (including phenoxy) is 4. The SMILES string of the molecule is COc1ccc(/C(O)=C2/C(=O)C(=O)N(CCN3CCOCC3)C2c2cc(OC)ccc2OC)c(C)c1. The van der Waals surface area contributed by atoms with Crippen molar-refractivity contribution < 1.29 is 33.6 Å². The highest BCUT2D eigenvalue weighted by atomic mass is 16.5. The number of ketones is 1. The van der Waals surface area contributed by atoms with Crippen molar-refractivity contribution in [3.05, 3.63) is 58.7 Å². The summed E-state index contributed by atoms with van der Waals surface area (Å²) < 4.78 is 21.7. The van der Waals surface area contributed by atoms with Crippen molar-refractivity contribution in [3.8, 4) is 17.2 Å². The standard InChI is InChI=1S/C27H32N2O7/c1-17-15-18(33-2)5-7-20(17)25(30)23-24(21-16-19(34-3)6-8-22(21)35-4)29(27(32)26(23)31)10-9-28-11-13-36-14-12-28/h5-8,15-16,24,30H,9-14H2,1-4H3/b25-23-. The van der Waals surface area contributed by atoms with Crippen molar-refractivity contribution in [2.75, 3.05) is 60.7 Å². The number of benzene rings is 2. The molecule has 1 amide bonds. The fourth-order valence-electron chi connectivity index (χ4n) is 4.73. The number of morpholine rings is 1. The number of likely N-dealkylation sites (tertiary alicyclic amines) is 1. The molecule has 2 heterocycles. The first kappa shape index (κ1) is 25.5. The van der Waals surface area contributed by atoms with Crippen LogP contribution in [0.25, 0.3) is 5.76 Å². The van der Waals surface area contributed by atoms with Crippen LogP contribution in [0.4, 0.5) is 0 Å². The minimum Gasteiger partial charge on any atom is -0.507 e. The Kier molecular flexibility index (Phi) is 7.81. The van der Waals surface area contributed by atoms with Gasteiger partial charge in [0.15, 0.2) is 0 Å². The summed E-state index contributed by atoms with van der Waals surface area (Å²) in [6.45, 7) is 5.44. The Labute approximate surface area is 210 Å². The lowest BCUT2D eigenvalue weighted by atomic mass is 9.93. The van der Waals surface area contributed by atoms with E-state index < -0.39 is 17.7 Å². The Bertz CT molecular complexity index is 1170. The maximum Gasteiger partial charge on any atom is 0.295 e. The number of aliphatic hydroxyl groups is 1. The zero-order chi connectivity index (χ0) is 25.8. The highest BCUT2D eigenvalue weighted by Crippen LogP contribution is 2.44. The van der Waals surface area contributed by atoms with Gasteiger partial charge in [-0.15, -0.1) is 0 Å². The Morgan fingerprint density at radius 1 is 0.972 bits per heavy atom. The van der Waals surface area contributed by atoms with Gasteiger partial charge < -0.3 is 29.0 Å². The summed E-state index contributed by atoms with van der Waals surface area (Å²) in [5, 5.41) is 11.4. The molecule has 1 unspecified atom stereocenters. The third-order valence-corrected chi connectivity index (χ3v) is 6.72. The van der Waals surface area contributed by atoms with Gasteiger partial charge in [-0.05, 0) is 48.9 Å². The van der Waals surface area contributed by atoms with Crippen LogP contribution in [0.5, 0.6) is 17.2 Å². The number of aliphatic hydroxyl groups excluding tert-OH is 1. The first-order valence-electron chi connectivity index (χ1n) is 11.8. The normalized spacial score (nSPS) is 20.0. The Hall–Kier alpha value is -3.56. The Balaban J connectivity index is 1.84. The van der Waals surface area contributed by atoms with E-state index >= 15 is 0 Å². The molecule has 0 saturated carbocycles. The topological polar surface area (TPSA) is 97.8 Å². The van der Waals surface area contributed by atoms with E-state index in [0.29, 0.717) is 60.2 Å². The molecule has 0 aromatic heterocycles. The van der Waals surface area contributed by atoms with Crippen molar-refractivity contribution in [1.82, 2.24) is 9.80 Å². The van der Waals surface area contributed by atoms with Crippen LogP contribution < -0.4 is 14.2 Å². The van der Waals surface area contributed by atoms with Crippen molar-refractivity contribution in [2.45, 2.75) is 13.0 Å². The van der Waals surface area contributed by atoms with Gasteiger partial charge in [0.05, 0.1) is 46.2 Å². The van der Waals surface area contributed by atoms with Crippen LogP contribution in [0.15, 0.2) is 42.0 Å². The third kappa shape index (κ3) is 4.89. The van der Waals surface area contributed by atoms with E-state index in [1.807, 2.05) is 6.92 Å². The highest BCUT2D eigenvalue weighted by molar-refractivity contribution is 6.46. The summed E-state index contributed by atoms with van der Waals surface area (Å²) in [5.74, 6) is 0.0188. The number of hydrogen-bond acceptors (Lipinski definition) is 8. The molecule has 9 heteroatoms. The van der Waals surface area contributed by atoms with E-state index in [4.69, 9.17) is 18.9 Å². The molecule has 4 rings (SSSR count). The monoisotopic (exact) mass is 496 g/mol. The van der Waals surface area contributed by atoms with Gasteiger partial charge >= 0.3 is 0 Å². The van der Waals surface area contributed by atoms with Gasteiger partial charge in [-0.3, -0.25) is 14.5 Å². The Morgan fingerprint density at radius 2 is 1.64 bits per heavy atom. The lowest BCUT2D eigenvalue weighted by Crippen LogP contribution is -2.42. The van der Waals surface area contributed by atoms with Crippen LogP contribution in [0.2, 0.25) is 0 Å². The fourth-order valence-corrected chi connectivity index (χ4v) is 4.73. The molecule has 0 radical (unpaired) electrons. The number of rotatable bonds is 8. The molecule has 0 aliphatic carbocycles. The van der Waals surface area contributed by atoms with Gasteiger partial charge in [-0.1, -0.05) is 0 Å². The van der Waals surface area contributed by atoms with Crippen molar-refractivity contribution in [2.24, 2.45) is 0 Å². The van der Waals surface area contributed by atoms with E-state index in [1.54, 1.807) is 50.6 Å². The highest BCUT2D eigenvalue weighted by Gasteiger charge is 2.47. The molecule has 9 nitrogen and oxygen atoms in total. The van der Waals surface area contributed by atoms with Crippen LogP contribution in [-0.4, -0.2) is 87.3 Å². The molecular formula is C27H32N2O7. The molecule has 2 saturated heterocycles. The van der Waals surface area contributed by atoms with Crippen LogP contribution in [-0.2, 0) is 14.3 Å².